The van der Waals surface area contributed by atoms with Crippen molar-refractivity contribution in [2.45, 2.75) is 25.9 Å². The number of sulfonamides is 1. The third kappa shape index (κ3) is 8.28. The van der Waals surface area contributed by atoms with Crippen LogP contribution >= 0.6 is 23.2 Å². The van der Waals surface area contributed by atoms with Crippen LogP contribution in [0.4, 0.5) is 5.69 Å². The second-order valence-corrected chi connectivity index (χ2v) is 11.9. The van der Waals surface area contributed by atoms with E-state index in [1.165, 1.54) is 31.3 Å². The summed E-state index contributed by atoms with van der Waals surface area (Å²) >= 11 is 12.9. The van der Waals surface area contributed by atoms with E-state index in [0.717, 1.165) is 16.1 Å². The maximum atomic E-state index is 14.1. The first-order chi connectivity index (χ1) is 19.5. The van der Waals surface area contributed by atoms with Gasteiger partial charge in [-0.2, -0.15) is 0 Å². The Morgan fingerprint density at radius 1 is 0.927 bits per heavy atom. The second-order valence-electron chi connectivity index (χ2n) is 9.13. The van der Waals surface area contributed by atoms with Gasteiger partial charge in [0.2, 0.25) is 21.8 Å². The van der Waals surface area contributed by atoms with E-state index < -0.39 is 34.4 Å². The zero-order chi connectivity index (χ0) is 30.2. The molecule has 220 valence electrons. The number of likely N-dealkylation sites (N-methyl/N-ethyl adjacent to an activating group) is 1. The third-order valence-electron chi connectivity index (χ3n) is 6.35. The van der Waals surface area contributed by atoms with Crippen molar-refractivity contribution in [2.75, 3.05) is 37.9 Å². The molecule has 0 aromatic heterocycles. The van der Waals surface area contributed by atoms with Gasteiger partial charge in [0.05, 0.1) is 26.2 Å². The highest BCUT2D eigenvalue weighted by molar-refractivity contribution is 7.92. The lowest BCUT2D eigenvalue weighted by molar-refractivity contribution is -0.140. The number of amides is 2. The van der Waals surface area contributed by atoms with E-state index in [9.17, 15) is 18.0 Å². The van der Waals surface area contributed by atoms with E-state index in [1.807, 2.05) is 30.3 Å². The molecule has 1 N–H and O–H groups in total. The highest BCUT2D eigenvalue weighted by atomic mass is 35.5. The van der Waals surface area contributed by atoms with Crippen molar-refractivity contribution >= 4 is 50.7 Å². The van der Waals surface area contributed by atoms with Crippen LogP contribution in [0.5, 0.6) is 11.5 Å². The number of carbonyl (C=O) groups is 2. The molecule has 0 aliphatic rings. The van der Waals surface area contributed by atoms with Crippen molar-refractivity contribution in [3.63, 3.8) is 0 Å². The van der Waals surface area contributed by atoms with Crippen molar-refractivity contribution in [3.05, 3.63) is 87.9 Å². The van der Waals surface area contributed by atoms with Crippen LogP contribution in [0.1, 0.15) is 18.1 Å². The summed E-state index contributed by atoms with van der Waals surface area (Å²) < 4.78 is 37.5. The van der Waals surface area contributed by atoms with Crippen molar-refractivity contribution in [1.82, 2.24) is 10.2 Å². The van der Waals surface area contributed by atoms with E-state index in [0.29, 0.717) is 27.9 Å². The molecule has 0 spiro atoms. The Bertz CT molecular complexity index is 1450. The van der Waals surface area contributed by atoms with Crippen LogP contribution < -0.4 is 19.1 Å². The molecule has 0 unspecified atom stereocenters. The van der Waals surface area contributed by atoms with Gasteiger partial charge in [0.1, 0.15) is 12.6 Å². The number of nitrogens with zero attached hydrogens (tertiary/aromatic N) is 2. The van der Waals surface area contributed by atoms with Crippen LogP contribution in [0.3, 0.4) is 0 Å². The number of carbonyl (C=O) groups excluding carboxylic acids is 2. The average molecular weight is 623 g/mol. The number of nitrogens with one attached hydrogen (secondary N) is 1. The van der Waals surface area contributed by atoms with Gasteiger partial charge in [-0.05, 0) is 36.8 Å². The summed E-state index contributed by atoms with van der Waals surface area (Å²) in [6, 6.07) is 17.7. The maximum absolute atomic E-state index is 14.1. The monoisotopic (exact) mass is 621 g/mol. The molecular weight excluding hydrogens is 589 g/mol. The van der Waals surface area contributed by atoms with E-state index in [1.54, 1.807) is 31.2 Å². The molecule has 0 saturated carbocycles. The number of methoxy groups -OCH3 is 2. The quantitative estimate of drug-likeness (QED) is 0.300. The molecule has 12 heteroatoms. The van der Waals surface area contributed by atoms with Crippen LogP contribution in [0.2, 0.25) is 10.0 Å². The Morgan fingerprint density at radius 2 is 1.56 bits per heavy atom. The van der Waals surface area contributed by atoms with E-state index in [-0.39, 0.29) is 24.4 Å². The third-order valence-corrected chi connectivity index (χ3v) is 8.20. The predicted molar refractivity (Wildman–Crippen MR) is 161 cm³/mol. The van der Waals surface area contributed by atoms with Gasteiger partial charge >= 0.3 is 0 Å². The van der Waals surface area contributed by atoms with E-state index in [4.69, 9.17) is 32.7 Å². The standard InChI is InChI=1S/C29H33Cl2N3O6S/c1-5-32-29(36)25(16-20-10-7-6-8-11-20)33(18-22-23(30)12-9-13-24(22)31)28(35)19-34(41(4,37)38)21-14-15-26(39-2)27(17-21)40-3/h6-15,17,25H,5,16,18-19H2,1-4H3,(H,32,36)/t25-/m1/s1. The zero-order valence-electron chi connectivity index (χ0n) is 23.3. The summed E-state index contributed by atoms with van der Waals surface area (Å²) in [5.41, 5.74) is 1.43. The lowest BCUT2D eigenvalue weighted by Gasteiger charge is -2.34. The van der Waals surface area contributed by atoms with E-state index >= 15 is 0 Å². The molecule has 0 aliphatic heterocycles. The highest BCUT2D eigenvalue weighted by Gasteiger charge is 2.33. The van der Waals surface area contributed by atoms with Gasteiger partial charge in [-0.3, -0.25) is 13.9 Å². The van der Waals surface area contributed by atoms with Crippen LogP contribution in [0, 0.1) is 0 Å². The molecule has 2 amide bonds. The van der Waals surface area contributed by atoms with Gasteiger partial charge in [-0.15, -0.1) is 0 Å². The normalized spacial score (nSPS) is 11.9. The minimum atomic E-state index is -3.96. The summed E-state index contributed by atoms with van der Waals surface area (Å²) in [7, 11) is -1.08. The van der Waals surface area contributed by atoms with Gasteiger partial charge in [0, 0.05) is 41.2 Å². The fraction of sp³-hybridized carbons (Fsp3) is 0.310. The molecule has 0 saturated heterocycles. The lowest BCUT2D eigenvalue weighted by Crippen LogP contribution is -2.53. The zero-order valence-corrected chi connectivity index (χ0v) is 25.6. The Labute approximate surface area is 251 Å². The summed E-state index contributed by atoms with van der Waals surface area (Å²) in [4.78, 5) is 28.9. The first kappa shape index (κ1) is 32.0. The SMILES string of the molecule is CCNC(=O)[C@@H](Cc1ccccc1)N(Cc1c(Cl)cccc1Cl)C(=O)CN(c1ccc(OC)c(OC)c1)S(C)(=O)=O. The van der Waals surface area contributed by atoms with Crippen LogP contribution in [-0.2, 0) is 32.6 Å². The average Bonchev–Trinajstić information content (AvgIpc) is 2.94. The molecular formula is C29H33Cl2N3O6S. The number of halogens is 2. The van der Waals surface area contributed by atoms with Gasteiger partial charge in [-0.25, -0.2) is 8.42 Å². The van der Waals surface area contributed by atoms with Crippen LogP contribution in [0.15, 0.2) is 66.7 Å². The van der Waals surface area contributed by atoms with Gasteiger partial charge in [-0.1, -0.05) is 59.6 Å². The molecule has 0 heterocycles. The number of benzene rings is 3. The van der Waals surface area contributed by atoms with Crippen LogP contribution in [-0.4, -0.2) is 64.7 Å². The number of ether oxygens (including phenoxy) is 2. The minimum absolute atomic E-state index is 0.129. The van der Waals surface area contributed by atoms with Crippen LogP contribution in [0.25, 0.3) is 0 Å². The van der Waals surface area contributed by atoms with Gasteiger partial charge in [0.25, 0.3) is 0 Å². The minimum Gasteiger partial charge on any atom is -0.493 e. The summed E-state index contributed by atoms with van der Waals surface area (Å²) in [6.45, 7) is 1.38. The highest BCUT2D eigenvalue weighted by Crippen LogP contribution is 2.33. The van der Waals surface area contributed by atoms with Crippen molar-refractivity contribution in [3.8, 4) is 11.5 Å². The fourth-order valence-electron chi connectivity index (χ4n) is 4.29. The van der Waals surface area contributed by atoms with Crippen molar-refractivity contribution in [1.29, 1.82) is 0 Å². The Balaban J connectivity index is 2.10. The fourth-order valence-corrected chi connectivity index (χ4v) is 5.65. The van der Waals surface area contributed by atoms with Gasteiger partial charge in [0.15, 0.2) is 11.5 Å². The van der Waals surface area contributed by atoms with Crippen molar-refractivity contribution < 1.29 is 27.5 Å². The summed E-state index contributed by atoms with van der Waals surface area (Å²) in [5.74, 6) is -0.349. The molecule has 3 aromatic carbocycles. The molecule has 3 rings (SSSR count). The number of rotatable bonds is 13. The molecule has 0 bridgehead atoms. The predicted octanol–water partition coefficient (Wildman–Crippen LogP) is 4.55. The largest absolute Gasteiger partial charge is 0.493 e. The van der Waals surface area contributed by atoms with E-state index in [2.05, 4.69) is 5.32 Å². The first-order valence-electron chi connectivity index (χ1n) is 12.7. The lowest BCUT2D eigenvalue weighted by atomic mass is 10.0. The maximum Gasteiger partial charge on any atom is 0.244 e. The molecule has 0 radical (unpaired) electrons. The first-order valence-corrected chi connectivity index (χ1v) is 15.3. The molecule has 1 atom stereocenters. The summed E-state index contributed by atoms with van der Waals surface area (Å²) in [6.07, 6.45) is 1.17. The smallest absolute Gasteiger partial charge is 0.244 e. The molecule has 0 aliphatic carbocycles. The Kier molecular flexibility index (Phi) is 11.3. The number of hydrogen-bond donors (Lipinski definition) is 1. The molecule has 0 fully saturated rings. The second kappa shape index (κ2) is 14.4. The number of hydrogen-bond acceptors (Lipinski definition) is 6. The number of anilines is 1. The molecule has 41 heavy (non-hydrogen) atoms. The Morgan fingerprint density at radius 3 is 2.12 bits per heavy atom. The van der Waals surface area contributed by atoms with Gasteiger partial charge < -0.3 is 19.7 Å². The summed E-state index contributed by atoms with van der Waals surface area (Å²) in [5, 5.41) is 3.42. The molecule has 9 nitrogen and oxygen atoms in total. The molecule has 3 aromatic rings. The Hall–Kier alpha value is -3.47. The topological polar surface area (TPSA) is 105 Å². The van der Waals surface area contributed by atoms with Crippen molar-refractivity contribution in [2.24, 2.45) is 0 Å².